The van der Waals surface area contributed by atoms with E-state index < -0.39 is 0 Å². The van der Waals surface area contributed by atoms with Gasteiger partial charge < -0.3 is 10.1 Å². The van der Waals surface area contributed by atoms with Gasteiger partial charge in [-0.2, -0.15) is 0 Å². The Morgan fingerprint density at radius 2 is 2.13 bits per heavy atom. The predicted octanol–water partition coefficient (Wildman–Crippen LogP) is 2.22. The van der Waals surface area contributed by atoms with Crippen molar-refractivity contribution >= 4 is 21.9 Å². The Morgan fingerprint density at radius 1 is 1.47 bits per heavy atom. The Bertz CT molecular complexity index is 311. The van der Waals surface area contributed by atoms with Gasteiger partial charge in [0.2, 0.25) is 5.95 Å². The maximum absolute atomic E-state index is 5.48. The zero-order valence-electron chi connectivity index (χ0n) is 8.61. The molecule has 1 aromatic heterocycles. The van der Waals surface area contributed by atoms with Crippen molar-refractivity contribution in [3.8, 4) is 0 Å². The number of nitrogens with one attached hydrogen (secondary N) is 1. The number of hydrogen-bond acceptors (Lipinski definition) is 4. The summed E-state index contributed by atoms with van der Waals surface area (Å²) in [5, 5.41) is 3.27. The first-order valence-corrected chi connectivity index (χ1v) is 5.93. The lowest BCUT2D eigenvalue weighted by molar-refractivity contribution is 0.00285. The van der Waals surface area contributed by atoms with Gasteiger partial charge in [0.25, 0.3) is 0 Å². The lowest BCUT2D eigenvalue weighted by Gasteiger charge is -2.35. The number of ether oxygens (including phenoxy) is 1. The van der Waals surface area contributed by atoms with E-state index >= 15 is 0 Å². The number of nitrogens with zero attached hydrogens (tertiary/aromatic N) is 2. The summed E-state index contributed by atoms with van der Waals surface area (Å²) in [5.74, 6) is 0.693. The fourth-order valence-electron chi connectivity index (χ4n) is 1.62. The molecular weight excluding hydrogens is 258 g/mol. The van der Waals surface area contributed by atoms with Crippen molar-refractivity contribution in [2.24, 2.45) is 0 Å². The standard InChI is InChI=1S/C10H14BrN3O/c1-2-15-9-3-8(4-9)14-10-12-5-7(11)6-13-10/h5-6,8-9H,2-4H2,1H3,(H,12,13,14). The minimum absolute atomic E-state index is 0.419. The van der Waals surface area contributed by atoms with Gasteiger partial charge in [-0.1, -0.05) is 0 Å². The van der Waals surface area contributed by atoms with Gasteiger partial charge in [-0.05, 0) is 35.7 Å². The molecule has 1 N–H and O–H groups in total. The Hall–Kier alpha value is -0.680. The van der Waals surface area contributed by atoms with E-state index in [2.05, 4.69) is 31.2 Å². The first-order valence-electron chi connectivity index (χ1n) is 5.13. The maximum atomic E-state index is 5.48. The zero-order valence-corrected chi connectivity index (χ0v) is 10.2. The number of aromatic nitrogens is 2. The van der Waals surface area contributed by atoms with Crippen LogP contribution in [0.4, 0.5) is 5.95 Å². The molecule has 0 unspecified atom stereocenters. The van der Waals surface area contributed by atoms with Crippen LogP contribution in [0, 0.1) is 0 Å². The van der Waals surface area contributed by atoms with E-state index in [0.717, 1.165) is 23.9 Å². The number of anilines is 1. The van der Waals surface area contributed by atoms with Gasteiger partial charge in [0.1, 0.15) is 0 Å². The third-order valence-corrected chi connectivity index (χ3v) is 2.86. The molecule has 0 aromatic carbocycles. The van der Waals surface area contributed by atoms with Crippen LogP contribution in [0.3, 0.4) is 0 Å². The molecule has 1 heterocycles. The van der Waals surface area contributed by atoms with Crippen LogP contribution in [0.25, 0.3) is 0 Å². The van der Waals surface area contributed by atoms with Gasteiger partial charge in [0, 0.05) is 25.0 Å². The molecule has 15 heavy (non-hydrogen) atoms. The van der Waals surface area contributed by atoms with Gasteiger partial charge in [-0.3, -0.25) is 0 Å². The van der Waals surface area contributed by atoms with Gasteiger partial charge in [-0.25, -0.2) is 9.97 Å². The Morgan fingerprint density at radius 3 is 2.73 bits per heavy atom. The molecule has 4 nitrogen and oxygen atoms in total. The van der Waals surface area contributed by atoms with Crippen molar-refractivity contribution in [1.29, 1.82) is 0 Å². The molecular formula is C10H14BrN3O. The second-order valence-corrected chi connectivity index (χ2v) is 4.53. The highest BCUT2D eigenvalue weighted by atomic mass is 79.9. The smallest absolute Gasteiger partial charge is 0.222 e. The molecule has 0 atom stereocenters. The number of halogens is 1. The molecule has 5 heteroatoms. The second kappa shape index (κ2) is 4.90. The van der Waals surface area contributed by atoms with Crippen LogP contribution in [0.1, 0.15) is 19.8 Å². The molecule has 0 radical (unpaired) electrons. The molecule has 2 rings (SSSR count). The molecule has 1 saturated carbocycles. The molecule has 1 aliphatic rings. The molecule has 1 fully saturated rings. The van der Waals surface area contributed by atoms with E-state index in [1.807, 2.05) is 6.92 Å². The predicted molar refractivity (Wildman–Crippen MR) is 61.8 cm³/mol. The van der Waals surface area contributed by atoms with Gasteiger partial charge in [0.15, 0.2) is 0 Å². The van der Waals surface area contributed by atoms with Crippen LogP contribution in [-0.4, -0.2) is 28.7 Å². The quantitative estimate of drug-likeness (QED) is 0.913. The van der Waals surface area contributed by atoms with Gasteiger partial charge >= 0.3 is 0 Å². The Labute approximate surface area is 97.6 Å². The summed E-state index contributed by atoms with van der Waals surface area (Å²) >= 11 is 3.30. The number of hydrogen-bond donors (Lipinski definition) is 1. The number of rotatable bonds is 4. The minimum Gasteiger partial charge on any atom is -0.378 e. The molecule has 1 aliphatic carbocycles. The highest BCUT2D eigenvalue weighted by molar-refractivity contribution is 9.10. The van der Waals surface area contributed by atoms with Crippen LogP contribution >= 0.6 is 15.9 Å². The summed E-state index contributed by atoms with van der Waals surface area (Å²) < 4.78 is 6.37. The summed E-state index contributed by atoms with van der Waals surface area (Å²) in [4.78, 5) is 8.32. The van der Waals surface area contributed by atoms with Crippen molar-refractivity contribution in [3.05, 3.63) is 16.9 Å². The van der Waals surface area contributed by atoms with Crippen molar-refractivity contribution in [2.75, 3.05) is 11.9 Å². The monoisotopic (exact) mass is 271 g/mol. The second-order valence-electron chi connectivity index (χ2n) is 3.61. The summed E-state index contributed by atoms with van der Waals surface area (Å²) in [7, 11) is 0. The molecule has 0 aliphatic heterocycles. The van der Waals surface area contributed by atoms with E-state index in [9.17, 15) is 0 Å². The molecule has 82 valence electrons. The van der Waals surface area contributed by atoms with E-state index in [1.165, 1.54) is 0 Å². The fraction of sp³-hybridized carbons (Fsp3) is 0.600. The third-order valence-electron chi connectivity index (χ3n) is 2.45. The third kappa shape index (κ3) is 2.89. The van der Waals surface area contributed by atoms with Crippen LogP contribution in [0.2, 0.25) is 0 Å². The first kappa shape index (κ1) is 10.8. The summed E-state index contributed by atoms with van der Waals surface area (Å²) in [6.45, 7) is 2.82. The summed E-state index contributed by atoms with van der Waals surface area (Å²) in [6, 6.07) is 0.461. The normalized spacial score (nSPS) is 24.7. The highest BCUT2D eigenvalue weighted by Gasteiger charge is 2.29. The van der Waals surface area contributed by atoms with Crippen molar-refractivity contribution in [1.82, 2.24) is 9.97 Å². The largest absolute Gasteiger partial charge is 0.378 e. The SMILES string of the molecule is CCOC1CC(Nc2ncc(Br)cn2)C1. The van der Waals surface area contributed by atoms with Crippen molar-refractivity contribution < 1.29 is 4.74 Å². The Kier molecular flexibility index (Phi) is 3.53. The zero-order chi connectivity index (χ0) is 10.7. The van der Waals surface area contributed by atoms with Gasteiger partial charge in [-0.15, -0.1) is 0 Å². The fourth-order valence-corrected chi connectivity index (χ4v) is 1.83. The average molecular weight is 272 g/mol. The molecule has 0 bridgehead atoms. The average Bonchev–Trinajstić information content (AvgIpc) is 2.18. The van der Waals surface area contributed by atoms with Crippen LogP contribution in [0.5, 0.6) is 0 Å². The first-order chi connectivity index (χ1) is 7.28. The van der Waals surface area contributed by atoms with E-state index in [-0.39, 0.29) is 0 Å². The lowest BCUT2D eigenvalue weighted by Crippen LogP contribution is -2.41. The topological polar surface area (TPSA) is 47.0 Å². The van der Waals surface area contributed by atoms with Crippen LogP contribution in [-0.2, 0) is 4.74 Å². The Balaban J connectivity index is 1.77. The summed E-state index contributed by atoms with van der Waals surface area (Å²) in [5.41, 5.74) is 0. The lowest BCUT2D eigenvalue weighted by atomic mass is 9.89. The molecule has 0 amide bonds. The minimum atomic E-state index is 0.419. The molecule has 0 spiro atoms. The molecule has 1 aromatic rings. The van der Waals surface area contributed by atoms with Crippen molar-refractivity contribution in [3.63, 3.8) is 0 Å². The summed E-state index contributed by atoms with van der Waals surface area (Å²) in [6.07, 6.45) is 6.01. The van der Waals surface area contributed by atoms with E-state index in [4.69, 9.17) is 4.74 Å². The van der Waals surface area contributed by atoms with E-state index in [0.29, 0.717) is 18.1 Å². The van der Waals surface area contributed by atoms with Gasteiger partial charge in [0.05, 0.1) is 10.6 Å². The van der Waals surface area contributed by atoms with Crippen LogP contribution < -0.4 is 5.32 Å². The maximum Gasteiger partial charge on any atom is 0.222 e. The van der Waals surface area contributed by atoms with Crippen molar-refractivity contribution in [2.45, 2.75) is 31.9 Å². The highest BCUT2D eigenvalue weighted by Crippen LogP contribution is 2.25. The van der Waals surface area contributed by atoms with E-state index in [1.54, 1.807) is 12.4 Å². The molecule has 0 saturated heterocycles. The van der Waals surface area contributed by atoms with Crippen LogP contribution in [0.15, 0.2) is 16.9 Å².